The van der Waals surface area contributed by atoms with Gasteiger partial charge in [-0.25, -0.2) is 4.39 Å². The number of benzene rings is 2. The predicted molar refractivity (Wildman–Crippen MR) is 114 cm³/mol. The van der Waals surface area contributed by atoms with Crippen LogP contribution in [0.1, 0.15) is 31.4 Å². The molecular weight excluding hydrogens is 424 g/mol. The van der Waals surface area contributed by atoms with E-state index in [1.54, 1.807) is 30.5 Å². The maximum absolute atomic E-state index is 14.2. The average Bonchev–Trinajstić information content (AvgIpc) is 3.18. The van der Waals surface area contributed by atoms with E-state index in [-0.39, 0.29) is 11.3 Å². The Kier molecular flexibility index (Phi) is 5.45. The maximum Gasteiger partial charge on any atom is 0.422 e. The van der Waals surface area contributed by atoms with Crippen molar-refractivity contribution < 1.29 is 27.4 Å². The standard InChI is InChI=1S/C24H22F4N2O2/c1-22(2,19-11-17(25)10-15-7-9-32-21(15)19)13-23(31,24(26,27)28)14-30-20-5-3-4-16-12-29-8-6-18(16)20/h3-6,8,10-12,14,31H,7,9,13H2,1-2H3/b30-14+. The van der Waals surface area contributed by atoms with Crippen LogP contribution < -0.4 is 4.74 Å². The minimum absolute atomic E-state index is 0.278. The summed E-state index contributed by atoms with van der Waals surface area (Å²) in [6.45, 7) is 3.39. The normalized spacial score (nSPS) is 16.2. The van der Waals surface area contributed by atoms with Crippen LogP contribution >= 0.6 is 0 Å². The van der Waals surface area contributed by atoms with E-state index in [2.05, 4.69) is 9.98 Å². The lowest BCUT2D eigenvalue weighted by atomic mass is 9.74. The lowest BCUT2D eigenvalue weighted by molar-refractivity contribution is -0.234. The number of aliphatic hydroxyl groups is 1. The molecule has 0 aliphatic carbocycles. The Morgan fingerprint density at radius 2 is 1.97 bits per heavy atom. The monoisotopic (exact) mass is 446 g/mol. The first-order valence-corrected chi connectivity index (χ1v) is 10.1. The van der Waals surface area contributed by atoms with Gasteiger partial charge in [0.05, 0.1) is 12.3 Å². The van der Waals surface area contributed by atoms with E-state index in [0.29, 0.717) is 41.3 Å². The van der Waals surface area contributed by atoms with E-state index < -0.39 is 29.4 Å². The maximum atomic E-state index is 14.2. The smallest absolute Gasteiger partial charge is 0.422 e. The van der Waals surface area contributed by atoms with Crippen molar-refractivity contribution in [1.29, 1.82) is 0 Å². The van der Waals surface area contributed by atoms with Crippen LogP contribution in [0.5, 0.6) is 5.75 Å². The Labute approximate surface area is 182 Å². The Morgan fingerprint density at radius 3 is 2.72 bits per heavy atom. The van der Waals surface area contributed by atoms with Gasteiger partial charge in [0.15, 0.2) is 5.60 Å². The number of fused-ring (bicyclic) bond motifs is 2. The molecule has 4 nitrogen and oxygen atoms in total. The molecule has 0 bridgehead atoms. The molecule has 1 atom stereocenters. The van der Waals surface area contributed by atoms with Crippen molar-refractivity contribution in [3.63, 3.8) is 0 Å². The molecular formula is C24H22F4N2O2. The minimum atomic E-state index is -5.00. The van der Waals surface area contributed by atoms with E-state index in [1.165, 1.54) is 32.2 Å². The first kappa shape index (κ1) is 22.2. The van der Waals surface area contributed by atoms with Gasteiger partial charge in [-0.05, 0) is 36.1 Å². The highest BCUT2D eigenvalue weighted by molar-refractivity contribution is 5.93. The SMILES string of the molecule is CC(C)(CC(O)(/C=N/c1cccc2cnccc12)C(F)(F)F)c1cc(F)cc2c1OCC2. The summed E-state index contributed by atoms with van der Waals surface area (Å²) in [4.78, 5) is 8.01. The Morgan fingerprint density at radius 1 is 1.19 bits per heavy atom. The summed E-state index contributed by atoms with van der Waals surface area (Å²) in [6, 6.07) is 9.14. The van der Waals surface area contributed by atoms with Crippen LogP contribution in [0.25, 0.3) is 10.8 Å². The zero-order valence-corrected chi connectivity index (χ0v) is 17.6. The van der Waals surface area contributed by atoms with Gasteiger partial charge < -0.3 is 9.84 Å². The summed E-state index contributed by atoms with van der Waals surface area (Å²) in [5, 5.41) is 12.1. The molecule has 0 radical (unpaired) electrons. The third-order valence-corrected chi connectivity index (χ3v) is 5.75. The molecule has 32 heavy (non-hydrogen) atoms. The molecule has 0 spiro atoms. The first-order valence-electron chi connectivity index (χ1n) is 10.1. The Hall–Kier alpha value is -3.00. The van der Waals surface area contributed by atoms with E-state index in [1.807, 2.05) is 0 Å². The molecule has 0 saturated carbocycles. The number of alkyl halides is 3. The fraction of sp³-hybridized carbons (Fsp3) is 0.333. The molecule has 168 valence electrons. The number of halogens is 4. The second-order valence-electron chi connectivity index (χ2n) is 8.65. The molecule has 0 saturated heterocycles. The molecule has 4 rings (SSSR count). The van der Waals surface area contributed by atoms with Crippen LogP contribution in [0.4, 0.5) is 23.2 Å². The van der Waals surface area contributed by atoms with Crippen LogP contribution in [0, 0.1) is 5.82 Å². The average molecular weight is 446 g/mol. The molecule has 0 amide bonds. The van der Waals surface area contributed by atoms with E-state index in [9.17, 15) is 22.7 Å². The second kappa shape index (κ2) is 7.85. The van der Waals surface area contributed by atoms with Crippen molar-refractivity contribution in [2.45, 2.75) is 43.9 Å². The topological polar surface area (TPSA) is 54.7 Å². The van der Waals surface area contributed by atoms with Gasteiger partial charge in [0.25, 0.3) is 0 Å². The van der Waals surface area contributed by atoms with Gasteiger partial charge >= 0.3 is 6.18 Å². The number of ether oxygens (including phenoxy) is 1. The third kappa shape index (κ3) is 4.07. The summed E-state index contributed by atoms with van der Waals surface area (Å²) in [7, 11) is 0. The number of aliphatic imine (C=N–C) groups is 1. The summed E-state index contributed by atoms with van der Waals surface area (Å²) in [6.07, 6.45) is -1.65. The molecule has 1 aliphatic heterocycles. The van der Waals surface area contributed by atoms with Gasteiger partial charge in [0.1, 0.15) is 11.6 Å². The number of pyridine rings is 1. The number of hydrogen-bond acceptors (Lipinski definition) is 4. The van der Waals surface area contributed by atoms with E-state index in [4.69, 9.17) is 4.74 Å². The largest absolute Gasteiger partial charge is 0.493 e. The van der Waals surface area contributed by atoms with E-state index >= 15 is 0 Å². The predicted octanol–water partition coefficient (Wildman–Crippen LogP) is 5.67. The molecule has 2 heterocycles. The summed E-state index contributed by atoms with van der Waals surface area (Å²) < 4.78 is 61.9. The zero-order valence-electron chi connectivity index (χ0n) is 17.6. The number of hydrogen-bond donors (Lipinski definition) is 1. The van der Waals surface area contributed by atoms with Crippen molar-refractivity contribution >= 4 is 22.7 Å². The molecule has 0 fully saturated rings. The van der Waals surface area contributed by atoms with Gasteiger partial charge in [-0.2, -0.15) is 13.2 Å². The van der Waals surface area contributed by atoms with E-state index in [0.717, 1.165) is 0 Å². The third-order valence-electron chi connectivity index (χ3n) is 5.75. The Bertz CT molecular complexity index is 1190. The summed E-state index contributed by atoms with van der Waals surface area (Å²) in [5.41, 5.74) is -3.33. The molecule has 3 aromatic rings. The van der Waals surface area contributed by atoms with Crippen LogP contribution in [-0.2, 0) is 11.8 Å². The number of nitrogens with zero attached hydrogens (tertiary/aromatic N) is 2. The van der Waals surface area contributed by atoms with Gasteiger partial charge in [0, 0.05) is 46.9 Å². The molecule has 1 unspecified atom stereocenters. The van der Waals surface area contributed by atoms with Crippen molar-refractivity contribution in [2.24, 2.45) is 4.99 Å². The molecule has 8 heteroatoms. The van der Waals surface area contributed by atoms with Crippen LogP contribution in [0.2, 0.25) is 0 Å². The fourth-order valence-electron chi connectivity index (χ4n) is 4.15. The van der Waals surface area contributed by atoms with Crippen molar-refractivity contribution in [3.8, 4) is 5.75 Å². The fourth-order valence-corrected chi connectivity index (χ4v) is 4.15. The minimum Gasteiger partial charge on any atom is -0.493 e. The van der Waals surface area contributed by atoms with Gasteiger partial charge in [-0.1, -0.05) is 26.0 Å². The summed E-state index contributed by atoms with van der Waals surface area (Å²) >= 11 is 0. The highest BCUT2D eigenvalue weighted by atomic mass is 19.4. The molecule has 2 aromatic carbocycles. The number of aromatic nitrogens is 1. The van der Waals surface area contributed by atoms with Gasteiger partial charge in [-0.3, -0.25) is 9.98 Å². The highest BCUT2D eigenvalue weighted by Crippen LogP contribution is 2.45. The lowest BCUT2D eigenvalue weighted by Crippen LogP contribution is -2.50. The van der Waals surface area contributed by atoms with Crippen LogP contribution in [0.15, 0.2) is 53.8 Å². The van der Waals surface area contributed by atoms with Crippen LogP contribution in [0.3, 0.4) is 0 Å². The lowest BCUT2D eigenvalue weighted by Gasteiger charge is -2.36. The molecule has 1 aromatic heterocycles. The summed E-state index contributed by atoms with van der Waals surface area (Å²) in [5.74, 6) is -0.162. The van der Waals surface area contributed by atoms with Gasteiger partial charge in [0.2, 0.25) is 0 Å². The molecule has 1 aliphatic rings. The second-order valence-corrected chi connectivity index (χ2v) is 8.65. The highest BCUT2D eigenvalue weighted by Gasteiger charge is 2.55. The molecule has 1 N–H and O–H groups in total. The zero-order chi connectivity index (χ0) is 23.1. The van der Waals surface area contributed by atoms with Crippen LogP contribution in [-0.4, -0.2) is 34.7 Å². The van der Waals surface area contributed by atoms with Crippen molar-refractivity contribution in [3.05, 3.63) is 65.7 Å². The quantitative estimate of drug-likeness (QED) is 0.406. The Balaban J connectivity index is 1.73. The first-order chi connectivity index (χ1) is 15.0. The van der Waals surface area contributed by atoms with Gasteiger partial charge in [-0.15, -0.1) is 0 Å². The van der Waals surface area contributed by atoms with Crippen molar-refractivity contribution in [1.82, 2.24) is 4.98 Å². The number of rotatable bonds is 5. The van der Waals surface area contributed by atoms with Crippen molar-refractivity contribution in [2.75, 3.05) is 6.61 Å².